The zero-order chi connectivity index (χ0) is 12.6. The van der Waals surface area contributed by atoms with Crippen LogP contribution in [-0.4, -0.2) is 38.0 Å². The quantitative estimate of drug-likeness (QED) is 0.706. The maximum atomic E-state index is 11.2. The highest BCUT2D eigenvalue weighted by Crippen LogP contribution is 1.96. The monoisotopic (exact) mass is 256 g/mol. The lowest BCUT2D eigenvalue weighted by Gasteiger charge is -2.04. The van der Waals surface area contributed by atoms with Crippen molar-refractivity contribution in [3.63, 3.8) is 0 Å². The van der Waals surface area contributed by atoms with Crippen molar-refractivity contribution in [2.24, 2.45) is 0 Å². The lowest BCUT2D eigenvalue weighted by atomic mass is 10.2. The predicted octanol–water partition coefficient (Wildman–Crippen LogP) is 1.04. The highest BCUT2D eigenvalue weighted by molar-refractivity contribution is 7.91. The van der Waals surface area contributed by atoms with Crippen molar-refractivity contribution in [3.05, 3.63) is 30.1 Å². The highest BCUT2D eigenvalue weighted by atomic mass is 32.2. The first-order chi connectivity index (χ1) is 8.14. The van der Waals surface area contributed by atoms with Crippen LogP contribution in [0.1, 0.15) is 18.9 Å². The SMILES string of the molecule is CCS(=O)(=O)CCCNCCc1cccnc1. The molecule has 17 heavy (non-hydrogen) atoms. The van der Waals surface area contributed by atoms with Crippen LogP contribution in [0.15, 0.2) is 24.5 Å². The van der Waals surface area contributed by atoms with Crippen molar-refractivity contribution in [1.29, 1.82) is 0 Å². The van der Waals surface area contributed by atoms with Gasteiger partial charge in [0, 0.05) is 18.1 Å². The van der Waals surface area contributed by atoms with Crippen LogP contribution in [0.2, 0.25) is 0 Å². The van der Waals surface area contributed by atoms with Crippen LogP contribution < -0.4 is 5.32 Å². The van der Waals surface area contributed by atoms with Crippen molar-refractivity contribution >= 4 is 9.84 Å². The smallest absolute Gasteiger partial charge is 0.150 e. The first-order valence-electron chi connectivity index (χ1n) is 5.94. The molecule has 5 heteroatoms. The first-order valence-corrected chi connectivity index (χ1v) is 7.76. The molecule has 0 unspecified atom stereocenters. The fourth-order valence-corrected chi connectivity index (χ4v) is 2.34. The van der Waals surface area contributed by atoms with Crippen LogP contribution in [0.25, 0.3) is 0 Å². The third-order valence-corrected chi connectivity index (χ3v) is 4.35. The molecular weight excluding hydrogens is 236 g/mol. The topological polar surface area (TPSA) is 59.1 Å². The number of nitrogens with zero attached hydrogens (tertiary/aromatic N) is 1. The van der Waals surface area contributed by atoms with Crippen molar-refractivity contribution in [2.75, 3.05) is 24.6 Å². The van der Waals surface area contributed by atoms with Crippen molar-refractivity contribution in [2.45, 2.75) is 19.8 Å². The molecule has 0 aliphatic rings. The van der Waals surface area contributed by atoms with Crippen LogP contribution in [0.5, 0.6) is 0 Å². The molecule has 1 N–H and O–H groups in total. The van der Waals surface area contributed by atoms with Gasteiger partial charge in [0.15, 0.2) is 0 Å². The van der Waals surface area contributed by atoms with Gasteiger partial charge in [-0.2, -0.15) is 0 Å². The zero-order valence-electron chi connectivity index (χ0n) is 10.2. The summed E-state index contributed by atoms with van der Waals surface area (Å²) in [5.74, 6) is 0.520. The van der Waals surface area contributed by atoms with Gasteiger partial charge in [0.05, 0.1) is 5.75 Å². The second kappa shape index (κ2) is 7.40. The fourth-order valence-electron chi connectivity index (χ4n) is 1.47. The summed E-state index contributed by atoms with van der Waals surface area (Å²) in [6.07, 6.45) is 5.22. The number of hydrogen-bond acceptors (Lipinski definition) is 4. The van der Waals surface area contributed by atoms with Gasteiger partial charge in [0.25, 0.3) is 0 Å². The molecule has 0 radical (unpaired) electrons. The minimum absolute atomic E-state index is 0.239. The fraction of sp³-hybridized carbons (Fsp3) is 0.583. The van der Waals surface area contributed by atoms with E-state index in [1.165, 1.54) is 5.56 Å². The van der Waals surface area contributed by atoms with Gasteiger partial charge in [-0.1, -0.05) is 13.0 Å². The van der Waals surface area contributed by atoms with Crippen LogP contribution in [0.3, 0.4) is 0 Å². The molecule has 4 nitrogen and oxygen atoms in total. The molecule has 1 aromatic rings. The number of sulfone groups is 1. The molecule has 0 fully saturated rings. The summed E-state index contributed by atoms with van der Waals surface area (Å²) in [6.45, 7) is 3.29. The van der Waals surface area contributed by atoms with Gasteiger partial charge < -0.3 is 5.32 Å². The van der Waals surface area contributed by atoms with E-state index in [4.69, 9.17) is 0 Å². The Balaban J connectivity index is 2.06. The Morgan fingerprint density at radius 3 is 2.82 bits per heavy atom. The second-order valence-electron chi connectivity index (χ2n) is 3.95. The molecular formula is C12H20N2O2S. The van der Waals surface area contributed by atoms with Gasteiger partial charge in [0.1, 0.15) is 9.84 Å². The summed E-state index contributed by atoms with van der Waals surface area (Å²) < 4.78 is 22.4. The van der Waals surface area contributed by atoms with E-state index in [0.717, 1.165) is 19.5 Å². The van der Waals surface area contributed by atoms with E-state index in [-0.39, 0.29) is 11.5 Å². The van der Waals surface area contributed by atoms with E-state index in [0.29, 0.717) is 6.42 Å². The lowest BCUT2D eigenvalue weighted by Crippen LogP contribution is -2.21. The van der Waals surface area contributed by atoms with Crippen molar-refractivity contribution in [1.82, 2.24) is 10.3 Å². The Kier molecular flexibility index (Phi) is 6.15. The minimum Gasteiger partial charge on any atom is -0.316 e. The van der Waals surface area contributed by atoms with E-state index in [1.54, 1.807) is 13.1 Å². The molecule has 1 rings (SSSR count). The normalized spacial score (nSPS) is 11.6. The lowest BCUT2D eigenvalue weighted by molar-refractivity contribution is 0.590. The number of nitrogens with one attached hydrogen (secondary N) is 1. The molecule has 96 valence electrons. The first kappa shape index (κ1) is 14.1. The van der Waals surface area contributed by atoms with Gasteiger partial charge in [-0.05, 0) is 37.6 Å². The molecule has 0 aromatic carbocycles. The Bertz CT molecular complexity index is 404. The average Bonchev–Trinajstić information content (AvgIpc) is 2.35. The molecule has 0 saturated carbocycles. The molecule has 0 spiro atoms. The Morgan fingerprint density at radius 1 is 1.35 bits per heavy atom. The summed E-state index contributed by atoms with van der Waals surface area (Å²) in [5, 5.41) is 3.24. The Hall–Kier alpha value is -0.940. The molecule has 0 aliphatic carbocycles. The van der Waals surface area contributed by atoms with Gasteiger partial charge in [-0.15, -0.1) is 0 Å². The van der Waals surface area contributed by atoms with E-state index in [1.807, 2.05) is 18.3 Å². The van der Waals surface area contributed by atoms with E-state index in [2.05, 4.69) is 10.3 Å². The average molecular weight is 256 g/mol. The molecule has 0 amide bonds. The standard InChI is InChI=1S/C12H20N2O2S/c1-2-17(15,16)10-4-8-13-9-6-12-5-3-7-14-11-12/h3,5,7,11,13H,2,4,6,8-10H2,1H3. The van der Waals surface area contributed by atoms with Crippen LogP contribution in [0.4, 0.5) is 0 Å². The molecule has 0 bridgehead atoms. The van der Waals surface area contributed by atoms with Gasteiger partial charge in [-0.25, -0.2) is 8.42 Å². The number of pyridine rings is 1. The minimum atomic E-state index is -2.81. The third-order valence-electron chi connectivity index (χ3n) is 2.56. The van der Waals surface area contributed by atoms with Crippen molar-refractivity contribution < 1.29 is 8.42 Å². The van der Waals surface area contributed by atoms with Crippen LogP contribution >= 0.6 is 0 Å². The number of aromatic nitrogens is 1. The van der Waals surface area contributed by atoms with Gasteiger partial charge in [0.2, 0.25) is 0 Å². The molecule has 1 heterocycles. The van der Waals surface area contributed by atoms with Gasteiger partial charge in [-0.3, -0.25) is 4.98 Å². The summed E-state index contributed by atoms with van der Waals surface area (Å²) >= 11 is 0. The van der Waals surface area contributed by atoms with Crippen molar-refractivity contribution in [3.8, 4) is 0 Å². The summed E-state index contributed by atoms with van der Waals surface area (Å²) in [5.41, 5.74) is 1.20. The molecule has 0 saturated heterocycles. The third kappa shape index (κ3) is 6.38. The number of hydrogen-bond donors (Lipinski definition) is 1. The van der Waals surface area contributed by atoms with Crippen LogP contribution in [0, 0.1) is 0 Å². The van der Waals surface area contributed by atoms with E-state index < -0.39 is 9.84 Å². The van der Waals surface area contributed by atoms with Gasteiger partial charge >= 0.3 is 0 Å². The second-order valence-corrected chi connectivity index (χ2v) is 6.42. The summed E-state index contributed by atoms with van der Waals surface area (Å²) in [4.78, 5) is 4.04. The molecule has 0 aliphatic heterocycles. The van der Waals surface area contributed by atoms with E-state index >= 15 is 0 Å². The maximum Gasteiger partial charge on any atom is 0.150 e. The Morgan fingerprint density at radius 2 is 2.18 bits per heavy atom. The zero-order valence-corrected chi connectivity index (χ0v) is 11.0. The molecule has 1 aromatic heterocycles. The van der Waals surface area contributed by atoms with E-state index in [9.17, 15) is 8.42 Å². The summed E-state index contributed by atoms with van der Waals surface area (Å²) in [7, 11) is -2.81. The maximum absolute atomic E-state index is 11.2. The predicted molar refractivity (Wildman–Crippen MR) is 69.8 cm³/mol. The largest absolute Gasteiger partial charge is 0.316 e. The van der Waals surface area contributed by atoms with Crippen LogP contribution in [-0.2, 0) is 16.3 Å². The number of rotatable bonds is 8. The highest BCUT2D eigenvalue weighted by Gasteiger charge is 2.05. The Labute approximate surface area is 103 Å². The summed E-state index contributed by atoms with van der Waals surface area (Å²) in [6, 6.07) is 3.96. The molecule has 0 atom stereocenters.